The Kier molecular flexibility index (Phi) is 9.01. The molecule has 34 heavy (non-hydrogen) atoms. The summed E-state index contributed by atoms with van der Waals surface area (Å²) in [6, 6.07) is 9.47. The molecule has 0 aliphatic heterocycles. The fraction of sp³-hybridized carbons (Fsp3) is 0.500. The summed E-state index contributed by atoms with van der Waals surface area (Å²) in [5.74, 6) is -1.06. The molecule has 3 N–H and O–H groups in total. The second-order valence-corrected chi connectivity index (χ2v) is 10.3. The van der Waals surface area contributed by atoms with E-state index in [0.29, 0.717) is 44.6 Å². The number of ether oxygens (including phenoxy) is 2. The summed E-state index contributed by atoms with van der Waals surface area (Å²) in [6.45, 7) is 4.87. The largest absolute Gasteiger partial charge is 0.494 e. The van der Waals surface area contributed by atoms with Crippen LogP contribution in [0.1, 0.15) is 45.1 Å². The molecule has 1 atom stereocenters. The van der Waals surface area contributed by atoms with Gasteiger partial charge in [-0.3, -0.25) is 20.3 Å². The average Bonchev–Trinajstić information content (AvgIpc) is 2.86. The van der Waals surface area contributed by atoms with Gasteiger partial charge in [0, 0.05) is 31.5 Å². The third-order valence-electron chi connectivity index (χ3n) is 6.26. The van der Waals surface area contributed by atoms with Crippen molar-refractivity contribution in [2.75, 3.05) is 13.2 Å². The summed E-state index contributed by atoms with van der Waals surface area (Å²) in [6.07, 6.45) is 5.33. The molecular weight excluding hydrogens is 458 g/mol. The number of nitrogens with one attached hydrogen (secondary N) is 2. The number of nitrogens with zero attached hydrogens (tertiary/aromatic N) is 1. The number of sulfone groups is 1. The predicted molar refractivity (Wildman–Crippen MR) is 126 cm³/mol. The predicted octanol–water partition coefficient (Wildman–Crippen LogP) is 2.84. The molecule has 0 unspecified atom stereocenters. The summed E-state index contributed by atoms with van der Waals surface area (Å²) >= 11 is 0. The molecule has 186 valence electrons. The van der Waals surface area contributed by atoms with E-state index >= 15 is 0 Å². The molecule has 1 saturated carbocycles. The van der Waals surface area contributed by atoms with Crippen LogP contribution in [0.3, 0.4) is 0 Å². The van der Waals surface area contributed by atoms with Crippen LogP contribution < -0.4 is 15.5 Å². The monoisotopic (exact) mass is 491 g/mol. The quantitative estimate of drug-likeness (QED) is 0.324. The Morgan fingerprint density at radius 3 is 2.26 bits per heavy atom. The summed E-state index contributed by atoms with van der Waals surface area (Å²) in [5, 5.41) is 12.7. The number of pyridine rings is 1. The third kappa shape index (κ3) is 5.41. The maximum Gasteiger partial charge on any atom is 0.280 e. The Morgan fingerprint density at radius 2 is 1.71 bits per heavy atom. The summed E-state index contributed by atoms with van der Waals surface area (Å²) in [7, 11) is -4.30. The molecule has 2 aromatic rings. The molecule has 1 heterocycles. The number of hydrogen-bond donors (Lipinski definition) is 3. The van der Waals surface area contributed by atoms with Crippen LogP contribution in [0.2, 0.25) is 0 Å². The van der Waals surface area contributed by atoms with Gasteiger partial charge in [-0.15, -0.1) is 0 Å². The third-order valence-corrected chi connectivity index (χ3v) is 8.67. The van der Waals surface area contributed by atoms with E-state index in [1.807, 2.05) is 13.8 Å². The normalized spacial score (nSPS) is 20.3. The van der Waals surface area contributed by atoms with Crippen LogP contribution in [0.4, 0.5) is 0 Å². The van der Waals surface area contributed by atoms with Gasteiger partial charge in [-0.1, -0.05) is 0 Å². The zero-order valence-corrected chi connectivity index (χ0v) is 20.4. The van der Waals surface area contributed by atoms with Crippen LogP contribution in [0.5, 0.6) is 5.75 Å². The minimum Gasteiger partial charge on any atom is -0.494 e. The van der Waals surface area contributed by atoms with E-state index < -0.39 is 26.5 Å². The van der Waals surface area contributed by atoms with Crippen molar-refractivity contribution < 1.29 is 27.9 Å². The van der Waals surface area contributed by atoms with Crippen LogP contribution in [0.15, 0.2) is 53.7 Å². The number of rotatable bonds is 11. The number of benzene rings is 1. The first-order chi connectivity index (χ1) is 16.4. The van der Waals surface area contributed by atoms with Crippen LogP contribution in [0.25, 0.3) is 0 Å². The van der Waals surface area contributed by atoms with E-state index in [1.54, 1.807) is 42.1 Å². The molecule has 1 aliphatic rings. The lowest BCUT2D eigenvalue weighted by atomic mass is 9.81. The average molecular weight is 492 g/mol. The van der Waals surface area contributed by atoms with E-state index in [4.69, 9.17) is 9.47 Å². The first kappa shape index (κ1) is 26.1. The highest BCUT2D eigenvalue weighted by Crippen LogP contribution is 2.41. The lowest BCUT2D eigenvalue weighted by Crippen LogP contribution is -2.66. The molecule has 1 fully saturated rings. The van der Waals surface area contributed by atoms with E-state index in [2.05, 4.69) is 10.3 Å². The second kappa shape index (κ2) is 11.7. The van der Waals surface area contributed by atoms with Crippen molar-refractivity contribution in [1.82, 2.24) is 15.8 Å². The van der Waals surface area contributed by atoms with Gasteiger partial charge in [0.05, 0.1) is 17.6 Å². The minimum atomic E-state index is -4.30. The fourth-order valence-electron chi connectivity index (χ4n) is 4.60. The molecule has 3 rings (SSSR count). The van der Waals surface area contributed by atoms with Crippen molar-refractivity contribution in [1.29, 1.82) is 0 Å². The molecule has 0 radical (unpaired) electrons. The molecule has 0 bridgehead atoms. The Morgan fingerprint density at radius 1 is 1.06 bits per heavy atom. The smallest absolute Gasteiger partial charge is 0.280 e. The van der Waals surface area contributed by atoms with Crippen LogP contribution in [-0.2, 0) is 25.9 Å². The van der Waals surface area contributed by atoms with Gasteiger partial charge in [-0.25, -0.2) is 13.9 Å². The van der Waals surface area contributed by atoms with Gasteiger partial charge in [0.2, 0.25) is 14.7 Å². The number of amides is 1. The molecule has 1 aromatic heterocycles. The first-order valence-electron chi connectivity index (χ1n) is 11.6. The van der Waals surface area contributed by atoms with Crippen LogP contribution >= 0.6 is 0 Å². The molecule has 1 aromatic carbocycles. The summed E-state index contributed by atoms with van der Waals surface area (Å²) in [4.78, 5) is 15.1. The minimum absolute atomic E-state index is 0.0181. The molecule has 10 heteroatoms. The molecule has 9 nitrogen and oxygen atoms in total. The first-order valence-corrected chi connectivity index (χ1v) is 13.0. The van der Waals surface area contributed by atoms with Crippen LogP contribution in [-0.4, -0.2) is 48.7 Å². The summed E-state index contributed by atoms with van der Waals surface area (Å²) in [5.41, 5.74) is 2.39. The fourth-order valence-corrected chi connectivity index (χ4v) is 6.70. The highest BCUT2D eigenvalue weighted by atomic mass is 32.2. The highest BCUT2D eigenvalue weighted by Gasteiger charge is 2.57. The van der Waals surface area contributed by atoms with Gasteiger partial charge in [0.1, 0.15) is 5.75 Å². The Labute approximate surface area is 200 Å². The number of carbonyl (C=O) groups is 1. The zero-order chi connectivity index (χ0) is 24.6. The number of aromatic nitrogens is 1. The van der Waals surface area contributed by atoms with Gasteiger partial charge < -0.3 is 9.47 Å². The Balaban J connectivity index is 2.05. The standard InChI is InChI=1S/C24H33N3O6S/c1-3-32-20-7-5-19(6-8-20)24(23(28)27-29,26-17-18-13-15-25-16-14-18)34(30,31)22-11-9-21(10-12-22)33-4-2/h9-16,19-20,26,29H,3-8,17H2,1-2H3,(H,27,28)/t19-,20-,24-/m1/s1. The molecule has 1 amide bonds. The van der Waals surface area contributed by atoms with Gasteiger partial charge in [0.15, 0.2) is 0 Å². The van der Waals surface area contributed by atoms with Crippen molar-refractivity contribution in [3.05, 3.63) is 54.4 Å². The lowest BCUT2D eigenvalue weighted by Gasteiger charge is -2.42. The van der Waals surface area contributed by atoms with Crippen LogP contribution in [0, 0.1) is 5.92 Å². The SMILES string of the molecule is CCOc1ccc(S(=O)(=O)[C@@](NCc2ccncc2)(C(=O)NO)[C@H]2CC[C@H](OCC)CC2)cc1. The van der Waals surface area contributed by atoms with Gasteiger partial charge >= 0.3 is 0 Å². The van der Waals surface area contributed by atoms with Gasteiger partial charge in [-0.2, -0.15) is 0 Å². The van der Waals surface area contributed by atoms with E-state index in [1.165, 1.54) is 12.1 Å². The number of hydroxylamine groups is 1. The van der Waals surface area contributed by atoms with Gasteiger partial charge in [-0.05, 0) is 81.5 Å². The Bertz CT molecular complexity index is 1020. The van der Waals surface area contributed by atoms with Crippen molar-refractivity contribution in [3.63, 3.8) is 0 Å². The maximum absolute atomic E-state index is 14.1. The van der Waals surface area contributed by atoms with E-state index in [9.17, 15) is 18.4 Å². The topological polar surface area (TPSA) is 127 Å². The number of hydrogen-bond acceptors (Lipinski definition) is 8. The van der Waals surface area contributed by atoms with Crippen molar-refractivity contribution in [2.45, 2.75) is 61.9 Å². The van der Waals surface area contributed by atoms with Crippen molar-refractivity contribution in [2.24, 2.45) is 5.92 Å². The van der Waals surface area contributed by atoms with Crippen molar-refractivity contribution >= 4 is 15.7 Å². The zero-order valence-electron chi connectivity index (χ0n) is 19.6. The molecule has 0 spiro atoms. The highest BCUT2D eigenvalue weighted by molar-refractivity contribution is 7.93. The van der Waals surface area contributed by atoms with Crippen molar-refractivity contribution in [3.8, 4) is 5.75 Å². The molecular formula is C24H33N3O6S. The Hall–Kier alpha value is -2.53. The van der Waals surface area contributed by atoms with E-state index in [0.717, 1.165) is 5.56 Å². The number of carbonyl (C=O) groups excluding carboxylic acids is 1. The van der Waals surface area contributed by atoms with Gasteiger partial charge in [0.25, 0.3) is 5.91 Å². The molecule has 1 aliphatic carbocycles. The molecule has 0 saturated heterocycles. The maximum atomic E-state index is 14.1. The second-order valence-electron chi connectivity index (χ2n) is 8.22. The summed E-state index contributed by atoms with van der Waals surface area (Å²) < 4.78 is 39.4. The van der Waals surface area contributed by atoms with E-state index in [-0.39, 0.29) is 17.5 Å². The lowest BCUT2D eigenvalue weighted by molar-refractivity contribution is -0.135.